The van der Waals surface area contributed by atoms with Gasteiger partial charge in [0.1, 0.15) is 0 Å². The lowest BCUT2D eigenvalue weighted by Crippen LogP contribution is -2.06. The van der Waals surface area contributed by atoms with Gasteiger partial charge in [-0.2, -0.15) is 9.97 Å². The van der Waals surface area contributed by atoms with Crippen LogP contribution in [-0.2, 0) is 0 Å². The first-order valence-electron chi connectivity index (χ1n) is 14.4. The topological polar surface area (TPSA) is 43.6 Å². The van der Waals surface area contributed by atoms with E-state index in [1.54, 1.807) is 0 Å². The Kier molecular flexibility index (Phi) is 6.08. The van der Waals surface area contributed by atoms with Crippen molar-refractivity contribution in [2.24, 2.45) is 0 Å². The van der Waals surface area contributed by atoms with Gasteiger partial charge in [-0.1, -0.05) is 146 Å². The van der Waals surface area contributed by atoms with Crippen LogP contribution in [0.25, 0.3) is 72.8 Å². The lowest BCUT2D eigenvalue weighted by Gasteiger charge is -2.12. The molecule has 0 radical (unpaired) electrons. The molecule has 202 valence electrons. The van der Waals surface area contributed by atoms with Crippen LogP contribution < -0.4 is 0 Å². The summed E-state index contributed by atoms with van der Waals surface area (Å²) in [5.41, 5.74) is 8.63. The predicted octanol–water partition coefficient (Wildman–Crippen LogP) is 9.64. The van der Waals surface area contributed by atoms with Gasteiger partial charge in [-0.15, -0.1) is 0 Å². The van der Waals surface area contributed by atoms with Crippen LogP contribution in [-0.4, -0.2) is 19.5 Å². The summed E-state index contributed by atoms with van der Waals surface area (Å²) in [5.74, 6) is 1.86. The van der Waals surface area contributed by atoms with Crippen LogP contribution in [0.5, 0.6) is 0 Å². The van der Waals surface area contributed by atoms with Crippen LogP contribution in [0.1, 0.15) is 0 Å². The third kappa shape index (κ3) is 4.55. The molecule has 0 unspecified atom stereocenters. The predicted molar refractivity (Wildman–Crippen MR) is 176 cm³/mol. The van der Waals surface area contributed by atoms with E-state index in [-0.39, 0.29) is 0 Å². The quantitative estimate of drug-likeness (QED) is 0.214. The molecule has 8 rings (SSSR count). The van der Waals surface area contributed by atoms with E-state index in [0.29, 0.717) is 17.6 Å². The lowest BCUT2D eigenvalue weighted by molar-refractivity contribution is 0.953. The molecule has 0 aliphatic carbocycles. The number of fused-ring (bicyclic) bond motifs is 3. The summed E-state index contributed by atoms with van der Waals surface area (Å²) in [6, 6.07) is 54.5. The van der Waals surface area contributed by atoms with Gasteiger partial charge in [0.05, 0.1) is 11.0 Å². The van der Waals surface area contributed by atoms with E-state index in [0.717, 1.165) is 44.1 Å². The Hall–Kier alpha value is -5.87. The molecular weight excluding hydrogens is 524 g/mol. The molecule has 2 aromatic heterocycles. The number of hydrogen-bond donors (Lipinski definition) is 0. The average molecular weight is 551 g/mol. The van der Waals surface area contributed by atoms with Crippen molar-refractivity contribution in [1.29, 1.82) is 0 Å². The maximum absolute atomic E-state index is 5.12. The Morgan fingerprint density at radius 3 is 1.42 bits per heavy atom. The third-order valence-electron chi connectivity index (χ3n) is 7.89. The molecule has 0 saturated heterocycles. The highest BCUT2D eigenvalue weighted by molar-refractivity contribution is 6.10. The number of aromatic nitrogens is 4. The zero-order valence-electron chi connectivity index (χ0n) is 23.3. The van der Waals surface area contributed by atoms with Crippen LogP contribution in [0.15, 0.2) is 158 Å². The first kappa shape index (κ1) is 24.9. The van der Waals surface area contributed by atoms with Gasteiger partial charge >= 0.3 is 0 Å². The Bertz CT molecular complexity index is 2200. The van der Waals surface area contributed by atoms with Crippen molar-refractivity contribution < 1.29 is 0 Å². The SMILES string of the molecule is c1ccc(-c2ccc(-c3nc(-c4ccccc4)nc(-n4c5ccccc5c5ccc(-c6ccccc6)cc54)n3)cc2)cc1. The normalized spacial score (nSPS) is 11.3. The summed E-state index contributed by atoms with van der Waals surface area (Å²) < 4.78 is 2.17. The van der Waals surface area contributed by atoms with Crippen LogP contribution in [0.2, 0.25) is 0 Å². The Morgan fingerprint density at radius 2 is 0.767 bits per heavy atom. The van der Waals surface area contributed by atoms with E-state index >= 15 is 0 Å². The molecule has 4 nitrogen and oxygen atoms in total. The fourth-order valence-corrected chi connectivity index (χ4v) is 5.75. The van der Waals surface area contributed by atoms with Crippen LogP contribution >= 0.6 is 0 Å². The second kappa shape index (κ2) is 10.5. The minimum absolute atomic E-state index is 0.590. The number of hydrogen-bond acceptors (Lipinski definition) is 3. The van der Waals surface area contributed by atoms with Crippen molar-refractivity contribution in [3.8, 4) is 51.0 Å². The summed E-state index contributed by atoms with van der Waals surface area (Å²) in [6.07, 6.45) is 0. The van der Waals surface area contributed by atoms with Gasteiger partial charge in [-0.05, 0) is 34.4 Å². The molecule has 0 N–H and O–H groups in total. The second-order valence-corrected chi connectivity index (χ2v) is 10.5. The maximum atomic E-state index is 5.12. The highest BCUT2D eigenvalue weighted by Gasteiger charge is 2.18. The van der Waals surface area contributed by atoms with Gasteiger partial charge in [0.2, 0.25) is 5.95 Å². The zero-order chi connectivity index (χ0) is 28.6. The molecule has 0 atom stereocenters. The monoisotopic (exact) mass is 550 g/mol. The number of nitrogens with zero attached hydrogens (tertiary/aromatic N) is 4. The zero-order valence-corrected chi connectivity index (χ0v) is 23.3. The van der Waals surface area contributed by atoms with Crippen molar-refractivity contribution in [2.75, 3.05) is 0 Å². The van der Waals surface area contributed by atoms with Crippen molar-refractivity contribution in [3.63, 3.8) is 0 Å². The van der Waals surface area contributed by atoms with Crippen molar-refractivity contribution in [1.82, 2.24) is 19.5 Å². The Balaban J connectivity index is 1.36. The van der Waals surface area contributed by atoms with E-state index < -0.39 is 0 Å². The summed E-state index contributed by atoms with van der Waals surface area (Å²) in [7, 11) is 0. The minimum atomic E-state index is 0.590. The van der Waals surface area contributed by atoms with Gasteiger partial charge in [0.15, 0.2) is 11.6 Å². The Labute approximate surface area is 249 Å². The van der Waals surface area contributed by atoms with E-state index in [1.165, 1.54) is 11.1 Å². The first-order chi connectivity index (χ1) is 21.3. The Morgan fingerprint density at radius 1 is 0.326 bits per heavy atom. The average Bonchev–Trinajstić information content (AvgIpc) is 3.43. The van der Waals surface area contributed by atoms with E-state index in [4.69, 9.17) is 15.0 Å². The number of para-hydroxylation sites is 1. The van der Waals surface area contributed by atoms with Gasteiger partial charge in [0.25, 0.3) is 0 Å². The molecule has 0 amide bonds. The summed E-state index contributed by atoms with van der Waals surface area (Å²) >= 11 is 0. The summed E-state index contributed by atoms with van der Waals surface area (Å²) in [6.45, 7) is 0. The van der Waals surface area contributed by atoms with Gasteiger partial charge in [-0.25, -0.2) is 4.98 Å². The largest absolute Gasteiger partial charge is 0.278 e. The van der Waals surface area contributed by atoms with Crippen LogP contribution in [0.3, 0.4) is 0 Å². The van der Waals surface area contributed by atoms with E-state index in [2.05, 4.69) is 120 Å². The molecule has 8 aromatic rings. The van der Waals surface area contributed by atoms with Crippen molar-refractivity contribution in [2.45, 2.75) is 0 Å². The van der Waals surface area contributed by atoms with Crippen molar-refractivity contribution in [3.05, 3.63) is 158 Å². The minimum Gasteiger partial charge on any atom is -0.278 e. The molecular formula is C39H26N4. The lowest BCUT2D eigenvalue weighted by atomic mass is 10.0. The third-order valence-corrected chi connectivity index (χ3v) is 7.89. The molecule has 0 aliphatic rings. The van der Waals surface area contributed by atoms with E-state index in [9.17, 15) is 0 Å². The molecule has 2 heterocycles. The molecule has 6 aromatic carbocycles. The summed E-state index contributed by atoms with van der Waals surface area (Å²) in [5, 5.41) is 2.32. The van der Waals surface area contributed by atoms with Gasteiger partial charge < -0.3 is 0 Å². The highest BCUT2D eigenvalue weighted by atomic mass is 15.2. The molecule has 0 spiro atoms. The number of benzene rings is 6. The van der Waals surface area contributed by atoms with E-state index in [1.807, 2.05) is 42.5 Å². The fraction of sp³-hybridized carbons (Fsp3) is 0. The smallest absolute Gasteiger partial charge is 0.238 e. The van der Waals surface area contributed by atoms with Crippen LogP contribution in [0, 0.1) is 0 Å². The molecule has 4 heteroatoms. The second-order valence-electron chi connectivity index (χ2n) is 10.5. The van der Waals surface area contributed by atoms with Crippen molar-refractivity contribution >= 4 is 21.8 Å². The molecule has 0 saturated carbocycles. The molecule has 0 bridgehead atoms. The molecule has 0 fully saturated rings. The summed E-state index contributed by atoms with van der Waals surface area (Å²) in [4.78, 5) is 15.2. The maximum Gasteiger partial charge on any atom is 0.238 e. The fourth-order valence-electron chi connectivity index (χ4n) is 5.75. The molecule has 43 heavy (non-hydrogen) atoms. The highest BCUT2D eigenvalue weighted by Crippen LogP contribution is 2.35. The standard InChI is InChI=1S/C39H26N4/c1-4-12-27(13-5-1)29-20-22-31(23-21-29)38-40-37(30-16-8-3-9-17-30)41-39(42-38)43-35-19-11-10-18-33(35)34-25-24-32(26-36(34)43)28-14-6-2-7-15-28/h1-26H. The van der Waals surface area contributed by atoms with Gasteiger partial charge in [0, 0.05) is 21.9 Å². The molecule has 0 aliphatic heterocycles. The first-order valence-corrected chi connectivity index (χ1v) is 14.4. The number of rotatable bonds is 5. The van der Waals surface area contributed by atoms with Gasteiger partial charge in [-0.3, -0.25) is 4.57 Å². The van der Waals surface area contributed by atoms with Crippen LogP contribution in [0.4, 0.5) is 0 Å².